The van der Waals surface area contributed by atoms with Gasteiger partial charge in [0.05, 0.1) is 7.11 Å². The van der Waals surface area contributed by atoms with E-state index < -0.39 is 5.25 Å². The predicted molar refractivity (Wildman–Crippen MR) is 127 cm³/mol. The van der Waals surface area contributed by atoms with Crippen LogP contribution in [0.2, 0.25) is 0 Å². The molecule has 162 valence electrons. The Morgan fingerprint density at radius 2 is 1.53 bits per heavy atom. The molecule has 0 saturated carbocycles. The highest BCUT2D eigenvalue weighted by Gasteiger charge is 2.27. The first-order valence-corrected chi connectivity index (χ1v) is 11.0. The number of aromatic nitrogens is 3. The van der Waals surface area contributed by atoms with E-state index in [0.717, 1.165) is 22.6 Å². The summed E-state index contributed by atoms with van der Waals surface area (Å²) in [5.74, 6) is 1.47. The van der Waals surface area contributed by atoms with Crippen molar-refractivity contribution >= 4 is 17.7 Å². The highest BCUT2D eigenvalue weighted by molar-refractivity contribution is 8.00. The van der Waals surface area contributed by atoms with Crippen LogP contribution in [0.5, 0.6) is 5.75 Å². The Morgan fingerprint density at radius 3 is 2.12 bits per heavy atom. The van der Waals surface area contributed by atoms with Gasteiger partial charge in [-0.15, -0.1) is 10.2 Å². The Bertz CT molecular complexity index is 1180. The van der Waals surface area contributed by atoms with Gasteiger partial charge in [-0.3, -0.25) is 9.36 Å². The van der Waals surface area contributed by atoms with E-state index >= 15 is 0 Å². The largest absolute Gasteiger partial charge is 0.497 e. The topological polar surface area (TPSA) is 60.3 Å². The van der Waals surface area contributed by atoms with E-state index in [1.54, 1.807) is 26.1 Å². The molecule has 0 aliphatic heterocycles. The molecule has 1 amide bonds. The predicted octanol–water partition coefficient (Wildman–Crippen LogP) is 4.86. The van der Waals surface area contributed by atoms with Gasteiger partial charge in [0.15, 0.2) is 11.0 Å². The van der Waals surface area contributed by atoms with Crippen molar-refractivity contribution in [3.05, 3.63) is 90.5 Å². The molecule has 0 aliphatic rings. The van der Waals surface area contributed by atoms with Gasteiger partial charge in [-0.2, -0.15) is 0 Å². The number of amides is 1. The number of para-hydroxylation sites is 1. The molecule has 0 bridgehead atoms. The van der Waals surface area contributed by atoms with Crippen LogP contribution in [0.25, 0.3) is 17.1 Å². The smallest absolute Gasteiger partial charge is 0.240 e. The van der Waals surface area contributed by atoms with Crippen LogP contribution in [0.3, 0.4) is 0 Å². The van der Waals surface area contributed by atoms with Crippen LogP contribution in [0.15, 0.2) is 90.1 Å². The minimum absolute atomic E-state index is 0.00481. The molecular weight excluding hydrogens is 420 g/mol. The summed E-state index contributed by atoms with van der Waals surface area (Å²) in [6.45, 7) is 0. The fourth-order valence-corrected chi connectivity index (χ4v) is 4.51. The third-order valence-electron chi connectivity index (χ3n) is 4.99. The highest BCUT2D eigenvalue weighted by atomic mass is 32.2. The molecule has 1 heterocycles. The first-order valence-electron chi connectivity index (χ1n) is 10.2. The molecule has 4 rings (SSSR count). The maximum absolute atomic E-state index is 13.1. The van der Waals surface area contributed by atoms with Crippen LogP contribution < -0.4 is 4.74 Å². The van der Waals surface area contributed by atoms with E-state index in [2.05, 4.69) is 10.2 Å². The third-order valence-corrected chi connectivity index (χ3v) is 6.17. The fourth-order valence-electron chi connectivity index (χ4n) is 3.31. The number of methoxy groups -OCH3 is 1. The average Bonchev–Trinajstić information content (AvgIpc) is 3.26. The van der Waals surface area contributed by atoms with Crippen molar-refractivity contribution in [1.82, 2.24) is 19.7 Å². The second-order valence-corrected chi connectivity index (χ2v) is 8.42. The first-order chi connectivity index (χ1) is 15.6. The quantitative estimate of drug-likeness (QED) is 0.381. The minimum Gasteiger partial charge on any atom is -0.497 e. The van der Waals surface area contributed by atoms with Gasteiger partial charge >= 0.3 is 0 Å². The van der Waals surface area contributed by atoms with Gasteiger partial charge in [0.1, 0.15) is 11.0 Å². The Morgan fingerprint density at radius 1 is 0.906 bits per heavy atom. The Kier molecular flexibility index (Phi) is 6.56. The normalized spacial score (nSPS) is 11.7. The number of likely N-dealkylation sites (N-methyl/N-ethyl adjacent to an activating group) is 1. The number of hydrogen-bond acceptors (Lipinski definition) is 5. The molecule has 32 heavy (non-hydrogen) atoms. The zero-order valence-corrected chi connectivity index (χ0v) is 19.0. The van der Waals surface area contributed by atoms with Crippen molar-refractivity contribution in [2.24, 2.45) is 0 Å². The van der Waals surface area contributed by atoms with Crippen molar-refractivity contribution in [2.45, 2.75) is 10.4 Å². The monoisotopic (exact) mass is 444 g/mol. The maximum Gasteiger partial charge on any atom is 0.240 e. The summed E-state index contributed by atoms with van der Waals surface area (Å²) in [5.41, 5.74) is 2.75. The van der Waals surface area contributed by atoms with Crippen molar-refractivity contribution in [3.63, 3.8) is 0 Å². The van der Waals surface area contributed by atoms with E-state index in [4.69, 9.17) is 4.74 Å². The summed E-state index contributed by atoms with van der Waals surface area (Å²) >= 11 is 1.40. The minimum atomic E-state index is -0.443. The zero-order chi connectivity index (χ0) is 22.5. The molecular formula is C25H24N4O2S. The lowest BCUT2D eigenvalue weighted by atomic mass is 10.1. The number of carbonyl (C=O) groups is 1. The lowest BCUT2D eigenvalue weighted by Crippen LogP contribution is -2.27. The summed E-state index contributed by atoms with van der Waals surface area (Å²) in [6, 6.07) is 27.4. The van der Waals surface area contributed by atoms with E-state index in [-0.39, 0.29) is 5.91 Å². The molecule has 3 aromatic carbocycles. The summed E-state index contributed by atoms with van der Waals surface area (Å²) in [6.07, 6.45) is 0. The number of benzene rings is 3. The van der Waals surface area contributed by atoms with Crippen molar-refractivity contribution < 1.29 is 9.53 Å². The summed E-state index contributed by atoms with van der Waals surface area (Å²) < 4.78 is 7.28. The van der Waals surface area contributed by atoms with Crippen LogP contribution in [0.1, 0.15) is 10.8 Å². The second-order valence-electron chi connectivity index (χ2n) is 7.35. The molecule has 0 saturated heterocycles. The third kappa shape index (κ3) is 4.53. The SMILES string of the molecule is COc1ccc(-c2nnc(SC(C(=O)N(C)C)c3ccccc3)n2-c2ccccc2)cc1. The average molecular weight is 445 g/mol. The summed E-state index contributed by atoms with van der Waals surface area (Å²) in [7, 11) is 5.18. The zero-order valence-electron chi connectivity index (χ0n) is 18.2. The Labute approximate surface area is 191 Å². The number of carbonyl (C=O) groups excluding carboxylic acids is 1. The van der Waals surface area contributed by atoms with Gasteiger partial charge in [0.2, 0.25) is 5.91 Å². The second kappa shape index (κ2) is 9.70. The lowest BCUT2D eigenvalue weighted by Gasteiger charge is -2.20. The maximum atomic E-state index is 13.1. The van der Waals surface area contributed by atoms with Crippen molar-refractivity contribution in [3.8, 4) is 22.8 Å². The summed E-state index contributed by atoms with van der Waals surface area (Å²) in [4.78, 5) is 14.7. The van der Waals surface area contributed by atoms with Gasteiger partial charge in [0, 0.05) is 25.3 Å². The number of thioether (sulfide) groups is 1. The fraction of sp³-hybridized carbons (Fsp3) is 0.160. The van der Waals surface area contributed by atoms with E-state index in [0.29, 0.717) is 11.0 Å². The summed E-state index contributed by atoms with van der Waals surface area (Å²) in [5, 5.41) is 9.19. The van der Waals surface area contributed by atoms with Crippen LogP contribution in [0, 0.1) is 0 Å². The Hall–Kier alpha value is -3.58. The van der Waals surface area contributed by atoms with E-state index in [1.807, 2.05) is 89.5 Å². The van der Waals surface area contributed by atoms with Crippen LogP contribution >= 0.6 is 11.8 Å². The number of hydrogen-bond donors (Lipinski definition) is 0. The molecule has 1 aromatic heterocycles. The molecule has 1 atom stereocenters. The molecule has 0 N–H and O–H groups in total. The number of nitrogens with zero attached hydrogens (tertiary/aromatic N) is 4. The van der Waals surface area contributed by atoms with Gasteiger partial charge in [-0.1, -0.05) is 60.3 Å². The van der Waals surface area contributed by atoms with Gasteiger partial charge in [-0.05, 0) is 42.0 Å². The molecule has 4 aromatic rings. The van der Waals surface area contributed by atoms with Crippen LogP contribution in [-0.2, 0) is 4.79 Å². The van der Waals surface area contributed by atoms with Crippen LogP contribution in [0.4, 0.5) is 0 Å². The lowest BCUT2D eigenvalue weighted by molar-refractivity contribution is -0.128. The highest BCUT2D eigenvalue weighted by Crippen LogP contribution is 2.38. The standard InChI is InChI=1S/C25H24N4O2S/c1-28(2)24(30)22(18-10-6-4-7-11-18)32-25-27-26-23(19-14-16-21(31-3)17-15-19)29(25)20-12-8-5-9-13-20/h4-17,22H,1-3H3. The molecule has 0 spiro atoms. The molecule has 6 nitrogen and oxygen atoms in total. The first kappa shape index (κ1) is 21.6. The molecule has 7 heteroatoms. The molecule has 0 fully saturated rings. The van der Waals surface area contributed by atoms with E-state index in [9.17, 15) is 4.79 Å². The van der Waals surface area contributed by atoms with Gasteiger partial charge in [-0.25, -0.2) is 0 Å². The van der Waals surface area contributed by atoms with Gasteiger partial charge < -0.3 is 9.64 Å². The molecule has 0 aliphatic carbocycles. The van der Waals surface area contributed by atoms with Crippen molar-refractivity contribution in [2.75, 3.05) is 21.2 Å². The van der Waals surface area contributed by atoms with Gasteiger partial charge in [0.25, 0.3) is 0 Å². The van der Waals surface area contributed by atoms with Crippen LogP contribution in [-0.4, -0.2) is 46.8 Å². The molecule has 0 radical (unpaired) electrons. The molecule has 1 unspecified atom stereocenters. The Balaban J connectivity index is 1.81. The number of rotatable bonds is 7. The van der Waals surface area contributed by atoms with Crippen molar-refractivity contribution in [1.29, 1.82) is 0 Å². The number of ether oxygens (including phenoxy) is 1. The van der Waals surface area contributed by atoms with E-state index in [1.165, 1.54) is 11.8 Å².